The van der Waals surface area contributed by atoms with Gasteiger partial charge in [0.05, 0.1) is 9.79 Å². The van der Waals surface area contributed by atoms with Crippen molar-refractivity contribution in [3.05, 3.63) is 119 Å². The van der Waals surface area contributed by atoms with Crippen molar-refractivity contribution in [1.82, 2.24) is 30.6 Å². The van der Waals surface area contributed by atoms with Gasteiger partial charge in [0, 0.05) is 88.2 Å². The lowest BCUT2D eigenvalue weighted by Gasteiger charge is -2.30. The van der Waals surface area contributed by atoms with E-state index in [2.05, 4.69) is 30.6 Å². The van der Waals surface area contributed by atoms with E-state index in [1.807, 2.05) is 20.8 Å². The number of amides is 1. The van der Waals surface area contributed by atoms with Gasteiger partial charge in [-0.2, -0.15) is 8.78 Å². The minimum Gasteiger partial charge on any atom is -0.465 e. The van der Waals surface area contributed by atoms with Crippen molar-refractivity contribution >= 4 is 73.3 Å². The molecule has 1 unspecified atom stereocenters. The second kappa shape index (κ2) is 19.8. The number of aromatic nitrogens is 4. The lowest BCUT2D eigenvalue weighted by atomic mass is 9.84. The maximum atomic E-state index is 14.5. The molecule has 0 bridgehead atoms. The van der Waals surface area contributed by atoms with Gasteiger partial charge in [-0.15, -0.1) is 47.5 Å². The molecular formula is C37H38Cl2F2N6O6S4. The molecule has 12 nitrogen and oxygen atoms in total. The summed E-state index contributed by atoms with van der Waals surface area (Å²) in [5.41, 5.74) is 0.338. The van der Waals surface area contributed by atoms with Crippen molar-refractivity contribution in [2.45, 2.75) is 58.0 Å². The van der Waals surface area contributed by atoms with Crippen LogP contribution in [0.2, 0.25) is 0 Å². The van der Waals surface area contributed by atoms with Crippen LogP contribution in [0.3, 0.4) is 0 Å². The van der Waals surface area contributed by atoms with Crippen molar-refractivity contribution in [2.75, 3.05) is 7.05 Å². The van der Waals surface area contributed by atoms with E-state index in [1.165, 1.54) is 79.6 Å². The fourth-order valence-electron chi connectivity index (χ4n) is 5.33. The third-order valence-electron chi connectivity index (χ3n) is 8.10. The van der Waals surface area contributed by atoms with Crippen LogP contribution in [0.4, 0.5) is 13.6 Å². The highest BCUT2D eigenvalue weighted by atomic mass is 35.5. The van der Waals surface area contributed by atoms with E-state index in [4.69, 9.17) is 0 Å². The number of hydrogen-bond donors (Lipinski definition) is 3. The summed E-state index contributed by atoms with van der Waals surface area (Å²) in [6.07, 6.45) is 7.28. The number of rotatable bonds is 11. The highest BCUT2D eigenvalue weighted by Crippen LogP contribution is 2.41. The molecule has 0 saturated carbocycles. The van der Waals surface area contributed by atoms with Crippen molar-refractivity contribution in [3.8, 4) is 22.3 Å². The average molecular weight is 900 g/mol. The summed E-state index contributed by atoms with van der Waals surface area (Å²) in [6, 6.07) is 14.5. The van der Waals surface area contributed by atoms with Crippen LogP contribution < -0.4 is 10.6 Å². The molecule has 6 aromatic heterocycles. The van der Waals surface area contributed by atoms with Gasteiger partial charge in [-0.3, -0.25) is 9.97 Å². The molecule has 1 amide bonds. The zero-order valence-corrected chi connectivity index (χ0v) is 35.6. The third-order valence-corrected chi connectivity index (χ3v) is 15.0. The molecule has 304 valence electrons. The Labute approximate surface area is 349 Å². The number of sulfone groups is 2. The third kappa shape index (κ3) is 11.2. The lowest BCUT2D eigenvalue weighted by molar-refractivity contribution is 0.174. The normalized spacial score (nSPS) is 12.0. The molecule has 3 N–H and O–H groups in total. The van der Waals surface area contributed by atoms with Crippen LogP contribution in [0.25, 0.3) is 22.3 Å². The number of nitrogens with zero attached hydrogens (tertiary/aromatic N) is 4. The number of pyridine rings is 4. The molecule has 0 fully saturated rings. The highest BCUT2D eigenvalue weighted by molar-refractivity contribution is 7.94. The van der Waals surface area contributed by atoms with Gasteiger partial charge in [0.15, 0.2) is 0 Å². The SMILES string of the molecule is CC(C)(C)C(Cc1cc(-c2cccnc2F)c(S(=O)(=O)c2ccncc2)s1)NC(=O)O.CNCc1cc(-c2cccnc2F)c(S(=O)(=O)c2ccncc2)s1.Cl.Cl. The zero-order chi connectivity index (χ0) is 40.0. The fourth-order valence-corrected chi connectivity index (χ4v) is 11.6. The monoisotopic (exact) mass is 898 g/mol. The van der Waals surface area contributed by atoms with Gasteiger partial charge in [0.1, 0.15) is 8.42 Å². The Kier molecular flexibility index (Phi) is 16.3. The predicted molar refractivity (Wildman–Crippen MR) is 220 cm³/mol. The first-order valence-corrected chi connectivity index (χ1v) is 21.1. The molecule has 0 aliphatic rings. The average Bonchev–Trinajstić information content (AvgIpc) is 3.78. The minimum absolute atomic E-state index is 0. The van der Waals surface area contributed by atoms with Crippen molar-refractivity contribution in [1.29, 1.82) is 0 Å². The molecule has 6 aromatic rings. The highest BCUT2D eigenvalue weighted by Gasteiger charge is 2.31. The minimum atomic E-state index is -3.96. The number of thiophene rings is 2. The Morgan fingerprint density at radius 1 is 0.719 bits per heavy atom. The number of carbonyl (C=O) groups is 1. The second-order valence-electron chi connectivity index (χ2n) is 13.0. The molecule has 0 aromatic carbocycles. The first kappa shape index (κ1) is 46.9. The molecule has 20 heteroatoms. The van der Waals surface area contributed by atoms with Gasteiger partial charge >= 0.3 is 6.09 Å². The fraction of sp³-hybridized carbons (Fsp3) is 0.216. The van der Waals surface area contributed by atoms with Crippen LogP contribution in [-0.2, 0) is 32.6 Å². The molecule has 1 atom stereocenters. The Morgan fingerprint density at radius 3 is 1.53 bits per heavy atom. The summed E-state index contributed by atoms with van der Waals surface area (Å²) in [5.74, 6) is -1.48. The van der Waals surface area contributed by atoms with E-state index < -0.39 is 49.1 Å². The summed E-state index contributed by atoms with van der Waals surface area (Å²) < 4.78 is 81.3. The zero-order valence-electron chi connectivity index (χ0n) is 30.7. The van der Waals surface area contributed by atoms with Gasteiger partial charge in [-0.25, -0.2) is 31.6 Å². The Morgan fingerprint density at radius 2 is 1.14 bits per heavy atom. The van der Waals surface area contributed by atoms with E-state index in [1.54, 1.807) is 25.2 Å². The van der Waals surface area contributed by atoms with Gasteiger partial charge < -0.3 is 15.7 Å². The number of halogens is 4. The number of nitrogens with one attached hydrogen (secondary N) is 2. The molecule has 6 rings (SSSR count). The molecular weight excluding hydrogens is 862 g/mol. The van der Waals surface area contributed by atoms with Crippen LogP contribution in [0.1, 0.15) is 30.5 Å². The van der Waals surface area contributed by atoms with Crippen molar-refractivity contribution in [2.24, 2.45) is 5.41 Å². The summed E-state index contributed by atoms with van der Waals surface area (Å²) in [4.78, 5) is 27.8. The van der Waals surface area contributed by atoms with Gasteiger partial charge in [-0.1, -0.05) is 20.8 Å². The van der Waals surface area contributed by atoms with E-state index in [-0.39, 0.29) is 66.1 Å². The maximum absolute atomic E-state index is 14.5. The van der Waals surface area contributed by atoms with Gasteiger partial charge in [-0.05, 0) is 73.1 Å². The Bertz CT molecular complexity index is 2500. The van der Waals surface area contributed by atoms with Crippen LogP contribution in [0.15, 0.2) is 116 Å². The number of hydrogen-bond acceptors (Lipinski definition) is 12. The maximum Gasteiger partial charge on any atom is 0.404 e. The van der Waals surface area contributed by atoms with Crippen LogP contribution >= 0.6 is 47.5 Å². The first-order chi connectivity index (χ1) is 26.0. The summed E-state index contributed by atoms with van der Waals surface area (Å²) in [7, 11) is -5.97. The van der Waals surface area contributed by atoms with E-state index >= 15 is 0 Å². The van der Waals surface area contributed by atoms with Crippen LogP contribution in [0, 0.1) is 17.3 Å². The van der Waals surface area contributed by atoms with Crippen molar-refractivity contribution < 1.29 is 35.5 Å². The largest absolute Gasteiger partial charge is 0.465 e. The predicted octanol–water partition coefficient (Wildman–Crippen LogP) is 8.14. The lowest BCUT2D eigenvalue weighted by Crippen LogP contribution is -2.44. The molecule has 0 saturated heterocycles. The molecule has 0 aliphatic heterocycles. The molecule has 0 radical (unpaired) electrons. The van der Waals surface area contributed by atoms with Gasteiger partial charge in [0.25, 0.3) is 0 Å². The molecule has 57 heavy (non-hydrogen) atoms. The Balaban J connectivity index is 0.000000303. The Hall–Kier alpha value is -4.43. The molecule has 6 heterocycles. The number of carboxylic acid groups (broad SMARTS) is 1. The summed E-state index contributed by atoms with van der Waals surface area (Å²) in [5, 5.41) is 14.7. The van der Waals surface area contributed by atoms with E-state index in [0.29, 0.717) is 17.0 Å². The van der Waals surface area contributed by atoms with E-state index in [9.17, 15) is 35.5 Å². The van der Waals surface area contributed by atoms with Crippen LogP contribution in [-0.4, -0.2) is 61.1 Å². The first-order valence-electron chi connectivity index (χ1n) is 16.5. The molecule has 0 aliphatic carbocycles. The molecule has 0 spiro atoms. The van der Waals surface area contributed by atoms with Gasteiger partial charge in [0.2, 0.25) is 31.6 Å². The van der Waals surface area contributed by atoms with E-state index in [0.717, 1.165) is 27.6 Å². The smallest absolute Gasteiger partial charge is 0.404 e. The standard InChI is InChI=1S/C21H22FN3O4S2.C16H14FN3O2S2.2ClH/c1-21(2,3)17(25-20(26)27)12-13-11-16(15-5-4-8-24-18(15)22)19(30-13)31(28,29)14-6-9-23-10-7-14;1-18-10-11-9-14(13-3-2-6-20-15(13)17)16(23-11)24(21,22)12-4-7-19-8-5-12;;/h4-11,17,25H,12H2,1-3H3,(H,26,27);2-9,18H,10H2,1H3;2*1H. The summed E-state index contributed by atoms with van der Waals surface area (Å²) >= 11 is 2.12. The van der Waals surface area contributed by atoms with Crippen LogP contribution in [0.5, 0.6) is 0 Å². The second-order valence-corrected chi connectivity index (χ2v) is 19.5. The topological polar surface area (TPSA) is 181 Å². The summed E-state index contributed by atoms with van der Waals surface area (Å²) in [6.45, 7) is 6.15. The van der Waals surface area contributed by atoms with Crippen molar-refractivity contribution in [3.63, 3.8) is 0 Å². The quantitative estimate of drug-likeness (QED) is 0.107.